The fourth-order valence-corrected chi connectivity index (χ4v) is 2.69. The molecule has 0 radical (unpaired) electrons. The zero-order valence-electron chi connectivity index (χ0n) is 11.5. The van der Waals surface area contributed by atoms with Gasteiger partial charge in [-0.2, -0.15) is 0 Å². The van der Waals surface area contributed by atoms with Gasteiger partial charge in [-0.3, -0.25) is 4.57 Å². The number of fused-ring (bicyclic) bond motifs is 1. The van der Waals surface area contributed by atoms with E-state index in [2.05, 4.69) is 24.0 Å². The quantitative estimate of drug-likeness (QED) is 0.723. The summed E-state index contributed by atoms with van der Waals surface area (Å²) in [5.74, 6) is 0.874. The third-order valence-electron chi connectivity index (χ3n) is 3.33. The van der Waals surface area contributed by atoms with E-state index in [9.17, 15) is 0 Å². The second-order valence-corrected chi connectivity index (χ2v) is 5.05. The molecule has 2 aromatic carbocycles. The first kappa shape index (κ1) is 12.9. The summed E-state index contributed by atoms with van der Waals surface area (Å²) in [6.07, 6.45) is 0. The lowest BCUT2D eigenvalue weighted by Gasteiger charge is -2.07. The molecule has 20 heavy (non-hydrogen) atoms. The Morgan fingerprint density at radius 2 is 1.90 bits per heavy atom. The summed E-state index contributed by atoms with van der Waals surface area (Å²) in [5, 5.41) is 0. The maximum absolute atomic E-state index is 5.47. The average Bonchev–Trinajstić information content (AvgIpc) is 2.78. The zero-order valence-corrected chi connectivity index (χ0v) is 12.3. The predicted molar refractivity (Wildman–Crippen MR) is 84.4 cm³/mol. The van der Waals surface area contributed by atoms with E-state index in [-0.39, 0.29) is 0 Å². The number of H-pyrrole nitrogens is 1. The standard InChI is InChI=1S/C16H16N2OS/c1-3-19-13-9-7-12(8-10-13)18-14-6-4-5-11(2)15(14)17-16(18)20/h4-10H,3H2,1-2H3,(H,17,20). The van der Waals surface area contributed by atoms with Gasteiger partial charge in [0, 0.05) is 5.69 Å². The van der Waals surface area contributed by atoms with Crippen molar-refractivity contribution in [2.75, 3.05) is 6.61 Å². The Morgan fingerprint density at radius 3 is 2.60 bits per heavy atom. The molecule has 102 valence electrons. The molecule has 0 amide bonds. The van der Waals surface area contributed by atoms with Gasteiger partial charge in [-0.25, -0.2) is 0 Å². The van der Waals surface area contributed by atoms with Gasteiger partial charge in [-0.05, 0) is 62.0 Å². The third kappa shape index (κ3) is 2.12. The van der Waals surface area contributed by atoms with Crippen molar-refractivity contribution in [3.8, 4) is 11.4 Å². The second kappa shape index (κ2) is 5.13. The summed E-state index contributed by atoms with van der Waals surface area (Å²) < 4.78 is 8.23. The van der Waals surface area contributed by atoms with Crippen molar-refractivity contribution in [3.63, 3.8) is 0 Å². The van der Waals surface area contributed by atoms with Crippen LogP contribution in [0.2, 0.25) is 0 Å². The van der Waals surface area contributed by atoms with Crippen LogP contribution >= 0.6 is 12.2 Å². The van der Waals surface area contributed by atoms with Crippen LogP contribution < -0.4 is 4.74 Å². The van der Waals surface area contributed by atoms with E-state index in [0.717, 1.165) is 22.5 Å². The minimum absolute atomic E-state index is 0.672. The SMILES string of the molecule is CCOc1ccc(-n2c(=S)[nH]c3c(C)cccc32)cc1. The van der Waals surface area contributed by atoms with Gasteiger partial charge in [0.15, 0.2) is 4.77 Å². The van der Waals surface area contributed by atoms with E-state index >= 15 is 0 Å². The number of hydrogen-bond acceptors (Lipinski definition) is 2. The van der Waals surface area contributed by atoms with Crippen LogP contribution in [0.15, 0.2) is 42.5 Å². The molecule has 0 aliphatic rings. The largest absolute Gasteiger partial charge is 0.494 e. The summed E-state index contributed by atoms with van der Waals surface area (Å²) in [7, 11) is 0. The predicted octanol–water partition coefficient (Wildman–Crippen LogP) is 4.40. The van der Waals surface area contributed by atoms with Crippen LogP contribution in [0.25, 0.3) is 16.7 Å². The van der Waals surface area contributed by atoms with E-state index in [4.69, 9.17) is 17.0 Å². The summed E-state index contributed by atoms with van der Waals surface area (Å²) in [6.45, 7) is 4.73. The Kier molecular flexibility index (Phi) is 3.32. The molecule has 1 heterocycles. The van der Waals surface area contributed by atoms with Crippen molar-refractivity contribution in [2.45, 2.75) is 13.8 Å². The number of nitrogens with zero attached hydrogens (tertiary/aromatic N) is 1. The normalized spacial score (nSPS) is 10.9. The van der Waals surface area contributed by atoms with Gasteiger partial charge < -0.3 is 9.72 Å². The lowest BCUT2D eigenvalue weighted by molar-refractivity contribution is 0.340. The van der Waals surface area contributed by atoms with Crippen molar-refractivity contribution < 1.29 is 4.74 Å². The van der Waals surface area contributed by atoms with Crippen LogP contribution in [0.1, 0.15) is 12.5 Å². The number of nitrogens with one attached hydrogen (secondary N) is 1. The molecule has 0 aliphatic carbocycles. The van der Waals surface area contributed by atoms with Crippen LogP contribution in [-0.2, 0) is 0 Å². The van der Waals surface area contributed by atoms with Crippen LogP contribution in [0.3, 0.4) is 0 Å². The maximum atomic E-state index is 5.47. The molecule has 0 unspecified atom stereocenters. The molecule has 0 saturated heterocycles. The molecule has 0 atom stereocenters. The molecular formula is C16H16N2OS. The fraction of sp³-hybridized carbons (Fsp3) is 0.188. The Hall–Kier alpha value is -2.07. The van der Waals surface area contributed by atoms with E-state index in [1.54, 1.807) is 0 Å². The highest BCUT2D eigenvalue weighted by Crippen LogP contribution is 2.23. The number of benzene rings is 2. The molecule has 3 nitrogen and oxygen atoms in total. The van der Waals surface area contributed by atoms with Gasteiger partial charge in [-0.15, -0.1) is 0 Å². The minimum Gasteiger partial charge on any atom is -0.494 e. The molecule has 0 saturated carbocycles. The molecule has 3 aromatic rings. The molecular weight excluding hydrogens is 268 g/mol. The highest BCUT2D eigenvalue weighted by Gasteiger charge is 2.07. The molecule has 4 heteroatoms. The van der Waals surface area contributed by atoms with Gasteiger partial charge in [-0.1, -0.05) is 12.1 Å². The van der Waals surface area contributed by atoms with Gasteiger partial charge in [0.1, 0.15) is 5.75 Å². The number of imidazole rings is 1. The van der Waals surface area contributed by atoms with Gasteiger partial charge in [0.05, 0.1) is 17.6 Å². The number of para-hydroxylation sites is 1. The first-order valence-electron chi connectivity index (χ1n) is 6.64. The second-order valence-electron chi connectivity index (χ2n) is 4.66. The number of hydrogen-bond donors (Lipinski definition) is 1. The van der Waals surface area contributed by atoms with Crippen LogP contribution in [0.4, 0.5) is 0 Å². The molecule has 0 aliphatic heterocycles. The van der Waals surface area contributed by atoms with E-state index in [0.29, 0.717) is 11.4 Å². The Bertz CT molecular complexity index is 799. The summed E-state index contributed by atoms with van der Waals surface area (Å²) in [6, 6.07) is 14.2. The minimum atomic E-state index is 0.672. The van der Waals surface area contributed by atoms with Crippen molar-refractivity contribution in [2.24, 2.45) is 0 Å². The summed E-state index contributed by atoms with van der Waals surface area (Å²) >= 11 is 5.45. The van der Waals surface area contributed by atoms with Crippen LogP contribution in [-0.4, -0.2) is 16.2 Å². The van der Waals surface area contributed by atoms with Crippen molar-refractivity contribution >= 4 is 23.3 Å². The van der Waals surface area contributed by atoms with Gasteiger partial charge >= 0.3 is 0 Å². The van der Waals surface area contributed by atoms with Crippen LogP contribution in [0.5, 0.6) is 5.75 Å². The monoisotopic (exact) mass is 284 g/mol. The first-order valence-corrected chi connectivity index (χ1v) is 7.05. The lowest BCUT2D eigenvalue weighted by atomic mass is 10.2. The average molecular weight is 284 g/mol. The molecule has 0 bridgehead atoms. The molecule has 1 aromatic heterocycles. The highest BCUT2D eigenvalue weighted by atomic mass is 32.1. The number of rotatable bonds is 3. The lowest BCUT2D eigenvalue weighted by Crippen LogP contribution is -1.95. The molecule has 1 N–H and O–H groups in total. The van der Waals surface area contributed by atoms with Crippen molar-refractivity contribution in [1.82, 2.24) is 9.55 Å². The molecule has 3 rings (SSSR count). The molecule has 0 spiro atoms. The van der Waals surface area contributed by atoms with Gasteiger partial charge in [0.25, 0.3) is 0 Å². The fourth-order valence-electron chi connectivity index (χ4n) is 2.39. The number of ether oxygens (including phenoxy) is 1. The smallest absolute Gasteiger partial charge is 0.182 e. The topological polar surface area (TPSA) is 29.9 Å². The Labute approximate surface area is 122 Å². The van der Waals surface area contributed by atoms with E-state index in [1.165, 1.54) is 5.56 Å². The number of aromatic nitrogens is 2. The summed E-state index contributed by atoms with van der Waals surface area (Å²) in [4.78, 5) is 3.28. The Balaban J connectivity index is 2.16. The maximum Gasteiger partial charge on any atom is 0.182 e. The molecule has 0 fully saturated rings. The number of aryl methyl sites for hydroxylation is 1. The summed E-state index contributed by atoms with van der Waals surface area (Å²) in [5.41, 5.74) is 4.42. The van der Waals surface area contributed by atoms with E-state index in [1.807, 2.05) is 41.8 Å². The van der Waals surface area contributed by atoms with Crippen LogP contribution in [0, 0.1) is 11.7 Å². The first-order chi connectivity index (χ1) is 9.70. The third-order valence-corrected chi connectivity index (χ3v) is 3.62. The zero-order chi connectivity index (χ0) is 14.1. The van der Waals surface area contributed by atoms with E-state index < -0.39 is 0 Å². The Morgan fingerprint density at radius 1 is 1.15 bits per heavy atom. The van der Waals surface area contributed by atoms with Crippen molar-refractivity contribution in [3.05, 3.63) is 52.8 Å². The van der Waals surface area contributed by atoms with Crippen molar-refractivity contribution in [1.29, 1.82) is 0 Å². The highest BCUT2D eigenvalue weighted by molar-refractivity contribution is 7.71. The number of aromatic amines is 1. The van der Waals surface area contributed by atoms with Gasteiger partial charge in [0.2, 0.25) is 0 Å².